The molecule has 0 aliphatic heterocycles. The highest BCUT2D eigenvalue weighted by atomic mass is 19.1. The monoisotopic (exact) mass is 231 g/mol. The van der Waals surface area contributed by atoms with Crippen molar-refractivity contribution in [3.05, 3.63) is 53.8 Å². The lowest BCUT2D eigenvalue weighted by Gasteiger charge is -2.09. The Labute approximate surface area is 97.3 Å². The van der Waals surface area contributed by atoms with Crippen molar-refractivity contribution in [2.24, 2.45) is 0 Å². The number of hydrogen-bond acceptors (Lipinski definition) is 2. The van der Waals surface area contributed by atoms with Crippen LogP contribution in [0, 0.1) is 5.82 Å². The van der Waals surface area contributed by atoms with Gasteiger partial charge in [0, 0.05) is 5.56 Å². The smallest absolute Gasteiger partial charge is 0.337 e. The highest BCUT2D eigenvalue weighted by Crippen LogP contribution is 2.31. The molecule has 0 aromatic heterocycles. The minimum absolute atomic E-state index is 0.0521. The van der Waals surface area contributed by atoms with Gasteiger partial charge in [-0.3, -0.25) is 0 Å². The number of rotatable bonds is 2. The summed E-state index contributed by atoms with van der Waals surface area (Å²) in [6.45, 7) is 0. The summed E-state index contributed by atoms with van der Waals surface area (Å²) < 4.78 is 13.7. The van der Waals surface area contributed by atoms with E-state index in [0.29, 0.717) is 5.56 Å². The highest BCUT2D eigenvalue weighted by molar-refractivity contribution is 5.98. The topological polar surface area (TPSA) is 63.3 Å². The van der Waals surface area contributed by atoms with Crippen molar-refractivity contribution in [1.29, 1.82) is 0 Å². The maximum atomic E-state index is 13.7. The number of carbonyl (C=O) groups is 1. The van der Waals surface area contributed by atoms with Gasteiger partial charge in [0.2, 0.25) is 0 Å². The lowest BCUT2D eigenvalue weighted by molar-refractivity contribution is 0.0698. The van der Waals surface area contributed by atoms with Crippen LogP contribution in [0.3, 0.4) is 0 Å². The van der Waals surface area contributed by atoms with Crippen LogP contribution in [0.1, 0.15) is 10.4 Å². The van der Waals surface area contributed by atoms with Gasteiger partial charge in [-0.2, -0.15) is 0 Å². The Bertz CT molecular complexity index is 567. The Balaban J connectivity index is 2.69. The van der Waals surface area contributed by atoms with E-state index in [-0.39, 0.29) is 16.8 Å². The first-order valence-electron chi connectivity index (χ1n) is 4.98. The molecule has 0 atom stereocenters. The molecule has 0 saturated heterocycles. The van der Waals surface area contributed by atoms with Crippen LogP contribution >= 0.6 is 0 Å². The summed E-state index contributed by atoms with van der Waals surface area (Å²) in [6.07, 6.45) is 0. The molecule has 0 fully saturated rings. The Morgan fingerprint density at radius 1 is 1.12 bits per heavy atom. The fourth-order valence-electron chi connectivity index (χ4n) is 1.68. The van der Waals surface area contributed by atoms with Crippen LogP contribution < -0.4 is 5.73 Å². The van der Waals surface area contributed by atoms with E-state index >= 15 is 0 Å². The molecule has 0 aliphatic carbocycles. The highest BCUT2D eigenvalue weighted by Gasteiger charge is 2.16. The fraction of sp³-hybridized carbons (Fsp3) is 0. The van der Waals surface area contributed by atoms with E-state index in [1.807, 2.05) is 0 Å². The lowest BCUT2D eigenvalue weighted by atomic mass is 10.00. The minimum Gasteiger partial charge on any atom is -0.478 e. The van der Waals surface area contributed by atoms with Crippen molar-refractivity contribution in [2.75, 3.05) is 5.73 Å². The summed E-state index contributed by atoms with van der Waals surface area (Å²) in [5.41, 5.74) is 6.24. The second kappa shape index (κ2) is 4.25. The number of hydrogen-bond donors (Lipinski definition) is 2. The molecule has 4 heteroatoms. The standard InChI is InChI=1S/C13H10FNO2/c14-10-7-6-9(13(16)17)12(15)11(10)8-4-2-1-3-5-8/h1-7H,15H2,(H,16,17). The molecule has 0 spiro atoms. The maximum Gasteiger partial charge on any atom is 0.337 e. The molecule has 2 rings (SSSR count). The van der Waals surface area contributed by atoms with Gasteiger partial charge < -0.3 is 10.8 Å². The fourth-order valence-corrected chi connectivity index (χ4v) is 1.68. The average Bonchev–Trinajstić information content (AvgIpc) is 2.30. The number of nitrogens with two attached hydrogens (primary N) is 1. The predicted octanol–water partition coefficient (Wildman–Crippen LogP) is 2.77. The van der Waals surface area contributed by atoms with Crippen molar-refractivity contribution in [3.63, 3.8) is 0 Å². The number of anilines is 1. The zero-order valence-electron chi connectivity index (χ0n) is 8.85. The van der Waals surface area contributed by atoms with Crippen LogP contribution in [-0.2, 0) is 0 Å². The molecule has 17 heavy (non-hydrogen) atoms. The molecule has 0 aliphatic rings. The van der Waals surface area contributed by atoms with Gasteiger partial charge in [-0.05, 0) is 17.7 Å². The summed E-state index contributed by atoms with van der Waals surface area (Å²) in [6, 6.07) is 10.9. The minimum atomic E-state index is -1.17. The van der Waals surface area contributed by atoms with E-state index < -0.39 is 11.8 Å². The molecule has 3 nitrogen and oxygen atoms in total. The first-order chi connectivity index (χ1) is 8.11. The molecule has 2 aromatic rings. The largest absolute Gasteiger partial charge is 0.478 e. The second-order valence-corrected chi connectivity index (χ2v) is 3.55. The van der Waals surface area contributed by atoms with Crippen LogP contribution in [0.2, 0.25) is 0 Å². The maximum absolute atomic E-state index is 13.7. The molecule has 0 radical (unpaired) electrons. The number of nitrogen functional groups attached to an aromatic ring is 1. The van der Waals surface area contributed by atoms with Crippen LogP contribution in [0.25, 0.3) is 11.1 Å². The van der Waals surface area contributed by atoms with E-state index in [9.17, 15) is 9.18 Å². The van der Waals surface area contributed by atoms with E-state index in [1.165, 1.54) is 6.07 Å². The molecular formula is C13H10FNO2. The predicted molar refractivity (Wildman–Crippen MR) is 63.2 cm³/mol. The van der Waals surface area contributed by atoms with Crippen molar-refractivity contribution in [1.82, 2.24) is 0 Å². The molecule has 0 saturated carbocycles. The molecule has 86 valence electrons. The van der Waals surface area contributed by atoms with Crippen LogP contribution in [0.4, 0.5) is 10.1 Å². The summed E-state index contributed by atoms with van der Waals surface area (Å²) in [5.74, 6) is -1.70. The zero-order chi connectivity index (χ0) is 12.4. The first-order valence-corrected chi connectivity index (χ1v) is 4.98. The van der Waals surface area contributed by atoms with Gasteiger partial charge in [-0.15, -0.1) is 0 Å². The Morgan fingerprint density at radius 2 is 1.76 bits per heavy atom. The van der Waals surface area contributed by atoms with Gasteiger partial charge >= 0.3 is 5.97 Å². The normalized spacial score (nSPS) is 10.2. The number of halogens is 1. The summed E-state index contributed by atoms with van der Waals surface area (Å²) in [4.78, 5) is 10.9. The van der Waals surface area contributed by atoms with Gasteiger partial charge in [0.05, 0.1) is 11.3 Å². The molecule has 2 aromatic carbocycles. The third-order valence-electron chi connectivity index (χ3n) is 2.49. The van der Waals surface area contributed by atoms with E-state index in [2.05, 4.69) is 0 Å². The number of benzene rings is 2. The van der Waals surface area contributed by atoms with Crippen molar-refractivity contribution >= 4 is 11.7 Å². The molecule has 0 amide bonds. The summed E-state index contributed by atoms with van der Waals surface area (Å²) in [5, 5.41) is 8.93. The Kier molecular flexibility index (Phi) is 2.78. The molecule has 0 unspecified atom stereocenters. The van der Waals surface area contributed by atoms with E-state index in [4.69, 9.17) is 10.8 Å². The average molecular weight is 231 g/mol. The van der Waals surface area contributed by atoms with E-state index in [0.717, 1.165) is 6.07 Å². The quantitative estimate of drug-likeness (QED) is 0.781. The van der Waals surface area contributed by atoms with Gasteiger partial charge in [0.1, 0.15) is 5.82 Å². The molecular weight excluding hydrogens is 221 g/mol. The Hall–Kier alpha value is -2.36. The molecule has 0 heterocycles. The van der Waals surface area contributed by atoms with Crippen molar-refractivity contribution in [2.45, 2.75) is 0 Å². The zero-order valence-corrected chi connectivity index (χ0v) is 8.85. The lowest BCUT2D eigenvalue weighted by Crippen LogP contribution is -2.05. The number of carboxylic acid groups (broad SMARTS) is 1. The van der Waals surface area contributed by atoms with Crippen LogP contribution in [0.5, 0.6) is 0 Å². The van der Waals surface area contributed by atoms with Crippen LogP contribution in [-0.4, -0.2) is 11.1 Å². The second-order valence-electron chi connectivity index (χ2n) is 3.55. The van der Waals surface area contributed by atoms with Crippen LogP contribution in [0.15, 0.2) is 42.5 Å². The van der Waals surface area contributed by atoms with E-state index in [1.54, 1.807) is 30.3 Å². The molecule has 0 bridgehead atoms. The number of carboxylic acids is 1. The SMILES string of the molecule is Nc1c(C(=O)O)ccc(F)c1-c1ccccc1. The summed E-state index contributed by atoms with van der Waals surface area (Å²) >= 11 is 0. The first kappa shape index (κ1) is 11.1. The summed E-state index contributed by atoms with van der Waals surface area (Å²) in [7, 11) is 0. The van der Waals surface area contributed by atoms with Gasteiger partial charge in [-0.1, -0.05) is 30.3 Å². The van der Waals surface area contributed by atoms with Gasteiger partial charge in [-0.25, -0.2) is 9.18 Å². The van der Waals surface area contributed by atoms with Gasteiger partial charge in [0.25, 0.3) is 0 Å². The Morgan fingerprint density at radius 3 is 2.35 bits per heavy atom. The number of aromatic carboxylic acids is 1. The molecule has 3 N–H and O–H groups in total. The van der Waals surface area contributed by atoms with Crippen molar-refractivity contribution < 1.29 is 14.3 Å². The van der Waals surface area contributed by atoms with Crippen molar-refractivity contribution in [3.8, 4) is 11.1 Å². The third kappa shape index (κ3) is 1.97. The van der Waals surface area contributed by atoms with Gasteiger partial charge in [0.15, 0.2) is 0 Å². The third-order valence-corrected chi connectivity index (χ3v) is 2.49.